The van der Waals surface area contributed by atoms with Gasteiger partial charge in [-0.1, -0.05) is 24.3 Å². The van der Waals surface area contributed by atoms with Crippen molar-refractivity contribution in [2.75, 3.05) is 0 Å². The van der Waals surface area contributed by atoms with Crippen LogP contribution in [0.3, 0.4) is 0 Å². The standard InChI is InChI=1S/C11H9NO4/c13-11(14)8-4-2-6-9-5-1-3-7-10(9)12(15)16/h1-8H,(H,13,14)/b6-2-,8-4+. The summed E-state index contributed by atoms with van der Waals surface area (Å²) >= 11 is 0. The first-order valence-corrected chi connectivity index (χ1v) is 4.42. The van der Waals surface area contributed by atoms with E-state index in [1.807, 2.05) is 0 Å². The van der Waals surface area contributed by atoms with Crippen LogP contribution < -0.4 is 0 Å². The Hall–Kier alpha value is -2.43. The number of rotatable bonds is 4. The molecule has 0 unspecified atom stereocenters. The summed E-state index contributed by atoms with van der Waals surface area (Å²) in [4.78, 5) is 20.3. The van der Waals surface area contributed by atoms with E-state index in [-0.39, 0.29) is 5.69 Å². The number of allylic oxidation sites excluding steroid dienone is 2. The fourth-order valence-electron chi connectivity index (χ4n) is 1.09. The number of nitrogens with zero attached hydrogens (tertiary/aromatic N) is 1. The number of carboxylic acids is 1. The van der Waals surface area contributed by atoms with Crippen molar-refractivity contribution in [2.24, 2.45) is 0 Å². The minimum Gasteiger partial charge on any atom is -0.478 e. The predicted octanol–water partition coefficient (Wildman–Crippen LogP) is 2.25. The fourth-order valence-corrected chi connectivity index (χ4v) is 1.09. The molecular weight excluding hydrogens is 210 g/mol. The molecule has 1 aromatic carbocycles. The molecule has 5 heteroatoms. The third-order valence-corrected chi connectivity index (χ3v) is 1.76. The average Bonchev–Trinajstić information content (AvgIpc) is 2.24. The number of nitro groups is 1. The van der Waals surface area contributed by atoms with Crippen LogP contribution in [-0.2, 0) is 4.79 Å². The molecule has 0 aliphatic heterocycles. The molecule has 0 fully saturated rings. The Balaban J connectivity index is 2.89. The van der Waals surface area contributed by atoms with Gasteiger partial charge in [0.15, 0.2) is 0 Å². The van der Waals surface area contributed by atoms with Crippen molar-refractivity contribution in [2.45, 2.75) is 0 Å². The van der Waals surface area contributed by atoms with E-state index < -0.39 is 10.9 Å². The molecule has 0 aliphatic rings. The van der Waals surface area contributed by atoms with Crippen LogP contribution in [0.25, 0.3) is 6.08 Å². The number of para-hydroxylation sites is 1. The van der Waals surface area contributed by atoms with Crippen LogP contribution >= 0.6 is 0 Å². The number of carboxylic acid groups (broad SMARTS) is 1. The van der Waals surface area contributed by atoms with Crippen molar-refractivity contribution in [1.29, 1.82) is 0 Å². The lowest BCUT2D eigenvalue weighted by Gasteiger charge is -1.94. The zero-order valence-electron chi connectivity index (χ0n) is 8.24. The van der Waals surface area contributed by atoms with Gasteiger partial charge < -0.3 is 5.11 Å². The second-order valence-corrected chi connectivity index (χ2v) is 2.87. The molecule has 1 rings (SSSR count). The predicted molar refractivity (Wildman–Crippen MR) is 58.9 cm³/mol. The van der Waals surface area contributed by atoms with Crippen LogP contribution in [0.1, 0.15) is 5.56 Å². The molecule has 16 heavy (non-hydrogen) atoms. The zero-order chi connectivity index (χ0) is 12.0. The molecular formula is C11H9NO4. The summed E-state index contributed by atoms with van der Waals surface area (Å²) < 4.78 is 0. The van der Waals surface area contributed by atoms with E-state index >= 15 is 0 Å². The molecule has 0 spiro atoms. The first-order valence-electron chi connectivity index (χ1n) is 4.42. The summed E-state index contributed by atoms with van der Waals surface area (Å²) in [5, 5.41) is 18.9. The smallest absolute Gasteiger partial charge is 0.328 e. The van der Waals surface area contributed by atoms with E-state index in [1.165, 1.54) is 24.3 Å². The van der Waals surface area contributed by atoms with Crippen LogP contribution in [0.4, 0.5) is 5.69 Å². The van der Waals surface area contributed by atoms with Crippen LogP contribution in [0, 0.1) is 10.1 Å². The Morgan fingerprint density at radius 3 is 2.62 bits per heavy atom. The van der Waals surface area contributed by atoms with E-state index in [2.05, 4.69) is 0 Å². The Kier molecular flexibility index (Phi) is 3.97. The maximum Gasteiger partial charge on any atom is 0.328 e. The molecule has 1 N–H and O–H groups in total. The van der Waals surface area contributed by atoms with E-state index in [4.69, 9.17) is 5.11 Å². The molecule has 0 atom stereocenters. The minimum atomic E-state index is -1.06. The van der Waals surface area contributed by atoms with Gasteiger partial charge in [0, 0.05) is 12.1 Å². The minimum absolute atomic E-state index is 0.0116. The normalized spacial score (nSPS) is 11.0. The van der Waals surface area contributed by atoms with Crippen LogP contribution in [0.15, 0.2) is 42.5 Å². The highest BCUT2D eigenvalue weighted by Gasteiger charge is 2.08. The first kappa shape index (κ1) is 11.6. The fraction of sp³-hybridized carbons (Fsp3) is 0. The van der Waals surface area contributed by atoms with Crippen LogP contribution in [0.2, 0.25) is 0 Å². The number of nitro benzene ring substituents is 1. The summed E-state index contributed by atoms with van der Waals surface area (Å²) in [6, 6.07) is 6.22. The lowest BCUT2D eigenvalue weighted by molar-refractivity contribution is -0.385. The van der Waals surface area contributed by atoms with Gasteiger partial charge in [0.25, 0.3) is 5.69 Å². The molecule has 0 amide bonds. The van der Waals surface area contributed by atoms with Crippen molar-refractivity contribution < 1.29 is 14.8 Å². The zero-order valence-corrected chi connectivity index (χ0v) is 8.24. The number of benzene rings is 1. The average molecular weight is 219 g/mol. The number of hydrogen-bond acceptors (Lipinski definition) is 3. The second-order valence-electron chi connectivity index (χ2n) is 2.87. The lowest BCUT2D eigenvalue weighted by atomic mass is 10.1. The van der Waals surface area contributed by atoms with Gasteiger partial charge in [-0.15, -0.1) is 0 Å². The molecule has 0 radical (unpaired) electrons. The highest BCUT2D eigenvalue weighted by molar-refractivity contribution is 5.80. The summed E-state index contributed by atoms with van der Waals surface area (Å²) in [5.74, 6) is -1.06. The molecule has 0 saturated carbocycles. The molecule has 0 aliphatic carbocycles. The Bertz CT molecular complexity index is 463. The Morgan fingerprint density at radius 1 is 1.31 bits per heavy atom. The molecule has 0 saturated heterocycles. The SMILES string of the molecule is O=C(O)/C=C/C=C\c1ccccc1[N+](=O)[O-]. The van der Waals surface area contributed by atoms with Crippen LogP contribution in [0.5, 0.6) is 0 Å². The molecule has 82 valence electrons. The maximum atomic E-state index is 10.6. The maximum absolute atomic E-state index is 10.6. The molecule has 5 nitrogen and oxygen atoms in total. The van der Waals surface area contributed by atoms with Gasteiger partial charge in [-0.2, -0.15) is 0 Å². The van der Waals surface area contributed by atoms with Gasteiger partial charge in [-0.25, -0.2) is 4.79 Å². The summed E-state index contributed by atoms with van der Waals surface area (Å²) in [5.41, 5.74) is 0.421. The Labute approximate surface area is 91.5 Å². The van der Waals surface area contributed by atoms with Gasteiger partial charge in [0.1, 0.15) is 0 Å². The van der Waals surface area contributed by atoms with Crippen molar-refractivity contribution in [3.05, 3.63) is 58.2 Å². The monoisotopic (exact) mass is 219 g/mol. The Morgan fingerprint density at radius 2 is 2.00 bits per heavy atom. The van der Waals surface area contributed by atoms with Crippen molar-refractivity contribution >= 4 is 17.7 Å². The summed E-state index contributed by atoms with van der Waals surface area (Å²) in [6.07, 6.45) is 5.18. The van der Waals surface area contributed by atoms with E-state index in [0.29, 0.717) is 5.56 Å². The quantitative estimate of drug-likeness (QED) is 0.364. The highest BCUT2D eigenvalue weighted by atomic mass is 16.6. The van der Waals surface area contributed by atoms with Gasteiger partial charge in [0.05, 0.1) is 10.5 Å². The number of carbonyl (C=O) groups is 1. The van der Waals surface area contributed by atoms with Crippen molar-refractivity contribution in [3.63, 3.8) is 0 Å². The summed E-state index contributed by atoms with van der Waals surface area (Å²) in [7, 11) is 0. The number of aliphatic carboxylic acids is 1. The third kappa shape index (κ3) is 3.38. The lowest BCUT2D eigenvalue weighted by Crippen LogP contribution is -1.90. The van der Waals surface area contributed by atoms with Crippen molar-refractivity contribution in [3.8, 4) is 0 Å². The van der Waals surface area contributed by atoms with Gasteiger partial charge in [-0.3, -0.25) is 10.1 Å². The topological polar surface area (TPSA) is 80.4 Å². The third-order valence-electron chi connectivity index (χ3n) is 1.76. The van der Waals surface area contributed by atoms with Gasteiger partial charge >= 0.3 is 5.97 Å². The van der Waals surface area contributed by atoms with Crippen LogP contribution in [-0.4, -0.2) is 16.0 Å². The molecule has 0 aromatic heterocycles. The van der Waals surface area contributed by atoms with Gasteiger partial charge in [0.2, 0.25) is 0 Å². The van der Waals surface area contributed by atoms with E-state index in [9.17, 15) is 14.9 Å². The largest absolute Gasteiger partial charge is 0.478 e. The second kappa shape index (κ2) is 5.45. The van der Waals surface area contributed by atoms with Crippen molar-refractivity contribution in [1.82, 2.24) is 0 Å². The highest BCUT2D eigenvalue weighted by Crippen LogP contribution is 2.18. The molecule has 0 bridgehead atoms. The summed E-state index contributed by atoms with van der Waals surface area (Å²) in [6.45, 7) is 0. The van der Waals surface area contributed by atoms with E-state index in [0.717, 1.165) is 6.08 Å². The van der Waals surface area contributed by atoms with E-state index in [1.54, 1.807) is 18.2 Å². The van der Waals surface area contributed by atoms with Gasteiger partial charge in [-0.05, 0) is 12.1 Å². The molecule has 0 heterocycles. The number of hydrogen-bond donors (Lipinski definition) is 1. The first-order chi connectivity index (χ1) is 7.61. The molecule has 1 aromatic rings.